The Labute approximate surface area is 205 Å². The minimum atomic E-state index is -3.35. The smallest absolute Gasteiger partial charge is 0.243 e. The van der Waals surface area contributed by atoms with Crippen molar-refractivity contribution in [1.82, 2.24) is 19.8 Å². The number of hydrogen-bond donors (Lipinski definition) is 2. The molecule has 1 atom stereocenters. The van der Waals surface area contributed by atoms with E-state index in [-0.39, 0.29) is 24.0 Å². The number of nitrogens with one attached hydrogen (secondary N) is 2. The SMILES string of the molecule is CN=C(NCCCN1CCCCC1C)NCc1ccc(S(=O)(=O)N2CCCC2)cc1.I. The van der Waals surface area contributed by atoms with E-state index in [2.05, 4.69) is 27.4 Å². The highest BCUT2D eigenvalue weighted by Gasteiger charge is 2.26. The zero-order valence-electron chi connectivity index (χ0n) is 18.8. The van der Waals surface area contributed by atoms with Crippen molar-refractivity contribution >= 4 is 40.0 Å². The number of halogens is 1. The summed E-state index contributed by atoms with van der Waals surface area (Å²) in [5, 5.41) is 6.69. The first-order chi connectivity index (χ1) is 14.5. The molecule has 2 aliphatic heterocycles. The zero-order chi connectivity index (χ0) is 21.4. The molecule has 1 aromatic rings. The summed E-state index contributed by atoms with van der Waals surface area (Å²) < 4.78 is 26.8. The lowest BCUT2D eigenvalue weighted by Gasteiger charge is -2.33. The van der Waals surface area contributed by atoms with Crippen molar-refractivity contribution in [3.63, 3.8) is 0 Å². The number of guanidine groups is 1. The van der Waals surface area contributed by atoms with Crippen LogP contribution in [0.4, 0.5) is 0 Å². The molecule has 3 rings (SSSR count). The van der Waals surface area contributed by atoms with Gasteiger partial charge in [-0.1, -0.05) is 18.6 Å². The van der Waals surface area contributed by atoms with E-state index >= 15 is 0 Å². The Morgan fingerprint density at radius 3 is 2.39 bits per heavy atom. The van der Waals surface area contributed by atoms with E-state index in [1.54, 1.807) is 23.5 Å². The van der Waals surface area contributed by atoms with Crippen LogP contribution in [0.3, 0.4) is 0 Å². The molecule has 2 heterocycles. The maximum absolute atomic E-state index is 12.6. The van der Waals surface area contributed by atoms with Crippen LogP contribution in [0.1, 0.15) is 51.0 Å². The summed E-state index contributed by atoms with van der Waals surface area (Å²) in [5.41, 5.74) is 1.03. The standard InChI is InChI=1S/C22H37N5O2S.HI/c1-19-8-3-4-14-26(19)15-7-13-24-22(23-2)25-18-20-9-11-21(12-10-20)30(28,29)27-16-5-6-17-27;/h9-12,19H,3-8,13-18H2,1-2H3,(H2,23,24,25);1H. The lowest BCUT2D eigenvalue weighted by Crippen LogP contribution is -2.41. The minimum Gasteiger partial charge on any atom is -0.356 e. The molecule has 2 saturated heterocycles. The summed E-state index contributed by atoms with van der Waals surface area (Å²) in [6.45, 7) is 7.42. The highest BCUT2D eigenvalue weighted by atomic mass is 127. The van der Waals surface area contributed by atoms with E-state index in [0.717, 1.165) is 43.9 Å². The van der Waals surface area contributed by atoms with Crippen molar-refractivity contribution in [3.05, 3.63) is 29.8 Å². The van der Waals surface area contributed by atoms with Crippen LogP contribution in [0.25, 0.3) is 0 Å². The maximum Gasteiger partial charge on any atom is 0.243 e. The highest BCUT2D eigenvalue weighted by Crippen LogP contribution is 2.21. The lowest BCUT2D eigenvalue weighted by atomic mass is 10.0. The second-order valence-corrected chi connectivity index (χ2v) is 10.3. The molecule has 0 saturated carbocycles. The van der Waals surface area contributed by atoms with Gasteiger partial charge in [-0.15, -0.1) is 24.0 Å². The predicted octanol–water partition coefficient (Wildman–Crippen LogP) is 3.02. The molecule has 0 amide bonds. The largest absolute Gasteiger partial charge is 0.356 e. The Morgan fingerprint density at radius 1 is 1.06 bits per heavy atom. The van der Waals surface area contributed by atoms with Gasteiger partial charge in [0.15, 0.2) is 5.96 Å². The van der Waals surface area contributed by atoms with Crippen LogP contribution >= 0.6 is 24.0 Å². The first-order valence-electron chi connectivity index (χ1n) is 11.3. The molecule has 0 aliphatic carbocycles. The van der Waals surface area contributed by atoms with Gasteiger partial charge in [0.2, 0.25) is 10.0 Å². The molecule has 1 aromatic carbocycles. The fraction of sp³-hybridized carbons (Fsp3) is 0.682. The number of piperidine rings is 1. The van der Waals surface area contributed by atoms with Crippen molar-refractivity contribution in [2.24, 2.45) is 4.99 Å². The first kappa shape index (κ1) is 26.3. The summed E-state index contributed by atoms with van der Waals surface area (Å²) >= 11 is 0. The fourth-order valence-electron chi connectivity index (χ4n) is 4.24. The predicted molar refractivity (Wildman–Crippen MR) is 138 cm³/mol. The maximum atomic E-state index is 12.6. The van der Waals surface area contributed by atoms with Crippen LogP contribution in [-0.4, -0.2) is 69.4 Å². The van der Waals surface area contributed by atoms with Gasteiger partial charge in [0, 0.05) is 45.8 Å². The van der Waals surface area contributed by atoms with Gasteiger partial charge in [-0.05, 0) is 63.3 Å². The number of aliphatic imine (C=N–C) groups is 1. The second kappa shape index (κ2) is 13.0. The molecule has 7 nitrogen and oxygen atoms in total. The van der Waals surface area contributed by atoms with Crippen molar-refractivity contribution in [2.75, 3.05) is 39.8 Å². The minimum absolute atomic E-state index is 0. The number of sulfonamides is 1. The molecule has 2 fully saturated rings. The van der Waals surface area contributed by atoms with Crippen LogP contribution in [0.5, 0.6) is 0 Å². The van der Waals surface area contributed by atoms with Gasteiger partial charge >= 0.3 is 0 Å². The molecule has 1 unspecified atom stereocenters. The Balaban J connectivity index is 0.00000341. The van der Waals surface area contributed by atoms with Gasteiger partial charge in [0.1, 0.15) is 0 Å². The van der Waals surface area contributed by atoms with Gasteiger partial charge in [-0.3, -0.25) is 4.99 Å². The van der Waals surface area contributed by atoms with E-state index in [1.165, 1.54) is 25.8 Å². The molecule has 0 bridgehead atoms. The quantitative estimate of drug-likeness (QED) is 0.220. The molecule has 2 N–H and O–H groups in total. The van der Waals surface area contributed by atoms with E-state index in [4.69, 9.17) is 0 Å². The summed E-state index contributed by atoms with van der Waals surface area (Å²) in [6.07, 6.45) is 6.98. The van der Waals surface area contributed by atoms with E-state index in [1.807, 2.05) is 12.1 Å². The van der Waals surface area contributed by atoms with Crippen molar-refractivity contribution in [1.29, 1.82) is 0 Å². The van der Waals surface area contributed by atoms with E-state index < -0.39 is 10.0 Å². The van der Waals surface area contributed by atoms with Gasteiger partial charge in [-0.2, -0.15) is 4.31 Å². The summed E-state index contributed by atoms with van der Waals surface area (Å²) in [4.78, 5) is 7.25. The number of rotatable bonds is 8. The monoisotopic (exact) mass is 563 g/mol. The molecule has 176 valence electrons. The van der Waals surface area contributed by atoms with E-state index in [0.29, 0.717) is 30.6 Å². The third-order valence-corrected chi connectivity index (χ3v) is 8.08. The molecule has 9 heteroatoms. The van der Waals surface area contributed by atoms with Crippen LogP contribution in [-0.2, 0) is 16.6 Å². The van der Waals surface area contributed by atoms with Crippen molar-refractivity contribution < 1.29 is 8.42 Å². The number of likely N-dealkylation sites (tertiary alicyclic amines) is 1. The molecule has 31 heavy (non-hydrogen) atoms. The molecular formula is C22H38IN5O2S. The van der Waals surface area contributed by atoms with Crippen LogP contribution < -0.4 is 10.6 Å². The third-order valence-electron chi connectivity index (χ3n) is 6.16. The topological polar surface area (TPSA) is 77.0 Å². The van der Waals surface area contributed by atoms with E-state index in [9.17, 15) is 8.42 Å². The number of benzene rings is 1. The average Bonchev–Trinajstić information content (AvgIpc) is 3.31. The molecule has 0 aromatic heterocycles. The molecule has 0 radical (unpaired) electrons. The summed E-state index contributed by atoms with van der Waals surface area (Å²) in [5.74, 6) is 0.774. The normalized spacial score (nSPS) is 21.0. The zero-order valence-corrected chi connectivity index (χ0v) is 22.0. The fourth-order valence-corrected chi connectivity index (χ4v) is 5.76. The number of nitrogens with zero attached hydrogens (tertiary/aromatic N) is 3. The molecule has 2 aliphatic rings. The van der Waals surface area contributed by atoms with Crippen LogP contribution in [0.2, 0.25) is 0 Å². The molecule has 0 spiro atoms. The Morgan fingerprint density at radius 2 is 1.74 bits per heavy atom. The Kier molecular flexibility index (Phi) is 11.0. The molecular weight excluding hydrogens is 525 g/mol. The van der Waals surface area contributed by atoms with Crippen molar-refractivity contribution in [3.8, 4) is 0 Å². The Bertz CT molecular complexity index is 795. The van der Waals surface area contributed by atoms with Gasteiger partial charge in [-0.25, -0.2) is 8.42 Å². The van der Waals surface area contributed by atoms with Gasteiger partial charge in [0.05, 0.1) is 4.90 Å². The second-order valence-electron chi connectivity index (χ2n) is 8.34. The first-order valence-corrected chi connectivity index (χ1v) is 12.7. The van der Waals surface area contributed by atoms with Crippen LogP contribution in [0.15, 0.2) is 34.2 Å². The van der Waals surface area contributed by atoms with Crippen molar-refractivity contribution in [2.45, 2.75) is 62.9 Å². The Hall–Kier alpha value is -0.910. The average molecular weight is 564 g/mol. The summed E-state index contributed by atoms with van der Waals surface area (Å²) in [6, 6.07) is 7.87. The van der Waals surface area contributed by atoms with Crippen LogP contribution in [0, 0.1) is 0 Å². The lowest BCUT2D eigenvalue weighted by molar-refractivity contribution is 0.159. The third kappa shape index (κ3) is 7.57. The summed E-state index contributed by atoms with van der Waals surface area (Å²) in [7, 11) is -1.58. The highest BCUT2D eigenvalue weighted by molar-refractivity contribution is 14.0. The van der Waals surface area contributed by atoms with Gasteiger partial charge in [0.25, 0.3) is 0 Å². The van der Waals surface area contributed by atoms with Gasteiger partial charge < -0.3 is 15.5 Å². The number of hydrogen-bond acceptors (Lipinski definition) is 4.